The third kappa shape index (κ3) is 4.45. The number of aliphatic carboxylic acids is 1. The summed E-state index contributed by atoms with van der Waals surface area (Å²) in [6, 6.07) is 0. The number of amides is 2. The van der Waals surface area contributed by atoms with E-state index in [2.05, 4.69) is 5.32 Å². The number of nitrogens with one attached hydrogen (secondary N) is 1. The summed E-state index contributed by atoms with van der Waals surface area (Å²) < 4.78 is 0. The van der Waals surface area contributed by atoms with E-state index in [9.17, 15) is 19.5 Å². The first-order chi connectivity index (χ1) is 10.3. The van der Waals surface area contributed by atoms with Crippen LogP contribution >= 0.6 is 0 Å². The fourth-order valence-electron chi connectivity index (χ4n) is 2.85. The molecule has 2 N–H and O–H groups in total. The Hall–Kier alpha value is -1.59. The molecule has 1 saturated heterocycles. The van der Waals surface area contributed by atoms with Gasteiger partial charge in [-0.05, 0) is 25.2 Å². The molecule has 6 heteroatoms. The highest BCUT2D eigenvalue weighted by Gasteiger charge is 2.48. The maximum absolute atomic E-state index is 12.2. The number of carbonyl (C=O) groups excluding carboxylic acids is 2. The van der Waals surface area contributed by atoms with E-state index in [0.29, 0.717) is 38.8 Å². The summed E-state index contributed by atoms with van der Waals surface area (Å²) in [6.45, 7) is 7.20. The highest BCUT2D eigenvalue weighted by Crippen LogP contribution is 2.38. The van der Waals surface area contributed by atoms with Gasteiger partial charge < -0.3 is 15.3 Å². The SMILES string of the molecule is CCCNC(=O)CCCC(=O)N1CCC(C(=O)O)(C(C)C)C1. The van der Waals surface area contributed by atoms with E-state index in [1.54, 1.807) is 4.90 Å². The molecule has 0 aliphatic carbocycles. The monoisotopic (exact) mass is 312 g/mol. The summed E-state index contributed by atoms with van der Waals surface area (Å²) in [4.78, 5) is 36.8. The lowest BCUT2D eigenvalue weighted by Gasteiger charge is -2.28. The van der Waals surface area contributed by atoms with Gasteiger partial charge in [-0.15, -0.1) is 0 Å². The fourth-order valence-corrected chi connectivity index (χ4v) is 2.85. The van der Waals surface area contributed by atoms with Crippen LogP contribution in [0.1, 0.15) is 52.9 Å². The predicted molar refractivity (Wildman–Crippen MR) is 83.3 cm³/mol. The van der Waals surface area contributed by atoms with Gasteiger partial charge in [0.2, 0.25) is 11.8 Å². The molecule has 1 fully saturated rings. The van der Waals surface area contributed by atoms with Gasteiger partial charge in [0.05, 0.1) is 5.41 Å². The summed E-state index contributed by atoms with van der Waals surface area (Å²) in [5.74, 6) is -0.912. The highest BCUT2D eigenvalue weighted by atomic mass is 16.4. The van der Waals surface area contributed by atoms with Crippen molar-refractivity contribution < 1.29 is 19.5 Å². The largest absolute Gasteiger partial charge is 0.481 e. The van der Waals surface area contributed by atoms with Crippen molar-refractivity contribution in [1.29, 1.82) is 0 Å². The van der Waals surface area contributed by atoms with Crippen LogP contribution in [0.15, 0.2) is 0 Å². The number of carboxylic acids is 1. The van der Waals surface area contributed by atoms with Crippen LogP contribution in [-0.4, -0.2) is 47.4 Å². The molecule has 6 nitrogen and oxygen atoms in total. The van der Waals surface area contributed by atoms with Crippen LogP contribution in [0.3, 0.4) is 0 Å². The van der Waals surface area contributed by atoms with Gasteiger partial charge in [0, 0.05) is 32.5 Å². The first-order valence-corrected chi connectivity index (χ1v) is 8.11. The molecule has 0 aromatic heterocycles. The van der Waals surface area contributed by atoms with Crippen LogP contribution in [0.25, 0.3) is 0 Å². The molecule has 0 aromatic carbocycles. The predicted octanol–water partition coefficient (Wildman–Crippen LogP) is 1.64. The van der Waals surface area contributed by atoms with Crippen molar-refractivity contribution in [3.8, 4) is 0 Å². The van der Waals surface area contributed by atoms with Crippen molar-refractivity contribution in [1.82, 2.24) is 10.2 Å². The van der Waals surface area contributed by atoms with E-state index in [1.807, 2.05) is 20.8 Å². The molecule has 22 heavy (non-hydrogen) atoms. The van der Waals surface area contributed by atoms with Gasteiger partial charge in [-0.1, -0.05) is 20.8 Å². The van der Waals surface area contributed by atoms with E-state index in [-0.39, 0.29) is 24.3 Å². The van der Waals surface area contributed by atoms with Crippen LogP contribution in [0, 0.1) is 11.3 Å². The van der Waals surface area contributed by atoms with Gasteiger partial charge in [-0.25, -0.2) is 0 Å². The lowest BCUT2D eigenvalue weighted by molar-refractivity contribution is -0.151. The van der Waals surface area contributed by atoms with Crippen molar-refractivity contribution in [3.63, 3.8) is 0 Å². The van der Waals surface area contributed by atoms with Gasteiger partial charge >= 0.3 is 5.97 Å². The molecule has 0 aromatic rings. The van der Waals surface area contributed by atoms with Crippen molar-refractivity contribution in [2.75, 3.05) is 19.6 Å². The van der Waals surface area contributed by atoms with Crippen LogP contribution in [0.5, 0.6) is 0 Å². The second kappa shape index (κ2) is 8.15. The van der Waals surface area contributed by atoms with Gasteiger partial charge in [-0.3, -0.25) is 14.4 Å². The summed E-state index contributed by atoms with van der Waals surface area (Å²) >= 11 is 0. The van der Waals surface area contributed by atoms with Crippen LogP contribution < -0.4 is 5.32 Å². The molecule has 0 radical (unpaired) electrons. The summed E-state index contributed by atoms with van der Waals surface area (Å²) in [7, 11) is 0. The average molecular weight is 312 g/mol. The summed E-state index contributed by atoms with van der Waals surface area (Å²) in [6.07, 6.45) is 2.54. The molecular formula is C16H28N2O4. The Morgan fingerprint density at radius 2 is 1.95 bits per heavy atom. The zero-order valence-electron chi connectivity index (χ0n) is 13.9. The number of likely N-dealkylation sites (tertiary alicyclic amines) is 1. The van der Waals surface area contributed by atoms with Crippen molar-refractivity contribution >= 4 is 17.8 Å². The zero-order chi connectivity index (χ0) is 16.8. The number of rotatable bonds is 8. The third-order valence-electron chi connectivity index (χ3n) is 4.55. The molecular weight excluding hydrogens is 284 g/mol. The molecule has 0 spiro atoms. The van der Waals surface area contributed by atoms with Gasteiger partial charge in [0.15, 0.2) is 0 Å². The Morgan fingerprint density at radius 3 is 2.45 bits per heavy atom. The molecule has 0 bridgehead atoms. The maximum atomic E-state index is 12.2. The van der Waals surface area contributed by atoms with Crippen LogP contribution in [-0.2, 0) is 14.4 Å². The molecule has 126 valence electrons. The first-order valence-electron chi connectivity index (χ1n) is 8.11. The van der Waals surface area contributed by atoms with E-state index < -0.39 is 11.4 Å². The van der Waals surface area contributed by atoms with E-state index in [4.69, 9.17) is 0 Å². The highest BCUT2D eigenvalue weighted by molar-refractivity contribution is 5.81. The number of hydrogen-bond donors (Lipinski definition) is 2. The standard InChI is InChI=1S/C16H28N2O4/c1-4-9-17-13(19)6-5-7-14(20)18-10-8-16(11-18,12(2)3)15(21)22/h12H,4-11H2,1-3H3,(H,17,19)(H,21,22). The minimum Gasteiger partial charge on any atom is -0.481 e. The number of carboxylic acid groups (broad SMARTS) is 1. The van der Waals surface area contributed by atoms with E-state index in [1.165, 1.54) is 0 Å². The first kappa shape index (κ1) is 18.5. The minimum atomic E-state index is -0.825. The quantitative estimate of drug-likeness (QED) is 0.713. The zero-order valence-corrected chi connectivity index (χ0v) is 13.9. The summed E-state index contributed by atoms with van der Waals surface area (Å²) in [5.41, 5.74) is -0.825. The molecule has 1 atom stereocenters. The van der Waals surface area contributed by atoms with Gasteiger partial charge in [0.1, 0.15) is 0 Å². The Labute approximate surface area is 132 Å². The lowest BCUT2D eigenvalue weighted by Crippen LogP contribution is -2.40. The maximum Gasteiger partial charge on any atom is 0.311 e. The normalized spacial score (nSPS) is 21.2. The lowest BCUT2D eigenvalue weighted by atomic mass is 9.76. The summed E-state index contributed by atoms with van der Waals surface area (Å²) in [5, 5.41) is 12.3. The number of nitrogens with zero attached hydrogens (tertiary/aromatic N) is 1. The molecule has 1 heterocycles. The Bertz CT molecular complexity index is 422. The fraction of sp³-hybridized carbons (Fsp3) is 0.812. The molecule has 1 aliphatic rings. The second-order valence-corrected chi connectivity index (χ2v) is 6.38. The van der Waals surface area contributed by atoms with Gasteiger partial charge in [0.25, 0.3) is 0 Å². The average Bonchev–Trinajstić information content (AvgIpc) is 2.91. The van der Waals surface area contributed by atoms with Crippen LogP contribution in [0.4, 0.5) is 0 Å². The van der Waals surface area contributed by atoms with Gasteiger partial charge in [-0.2, -0.15) is 0 Å². The van der Waals surface area contributed by atoms with Crippen molar-refractivity contribution in [3.05, 3.63) is 0 Å². The number of hydrogen-bond acceptors (Lipinski definition) is 3. The molecule has 0 saturated carbocycles. The van der Waals surface area contributed by atoms with E-state index in [0.717, 1.165) is 6.42 Å². The molecule has 1 aliphatic heterocycles. The van der Waals surface area contributed by atoms with Crippen molar-refractivity contribution in [2.45, 2.75) is 52.9 Å². The Morgan fingerprint density at radius 1 is 1.27 bits per heavy atom. The number of carbonyl (C=O) groups is 3. The van der Waals surface area contributed by atoms with E-state index >= 15 is 0 Å². The Kier molecular flexibility index (Phi) is 6.84. The second-order valence-electron chi connectivity index (χ2n) is 6.38. The smallest absolute Gasteiger partial charge is 0.311 e. The minimum absolute atomic E-state index is 0.0115. The van der Waals surface area contributed by atoms with Crippen molar-refractivity contribution in [2.24, 2.45) is 11.3 Å². The molecule has 1 unspecified atom stereocenters. The topological polar surface area (TPSA) is 86.7 Å². The molecule has 1 rings (SSSR count). The Balaban J connectivity index is 2.42. The third-order valence-corrected chi connectivity index (χ3v) is 4.55. The van der Waals surface area contributed by atoms with Crippen LogP contribution in [0.2, 0.25) is 0 Å². The molecule has 2 amide bonds.